The maximum Gasteiger partial charge on any atom is 0.264 e. The summed E-state index contributed by atoms with van der Waals surface area (Å²) in [5.41, 5.74) is 2.01. The topological polar surface area (TPSA) is 84.9 Å². The molecule has 35 heavy (non-hydrogen) atoms. The number of carbonyl (C=O) groups is 1. The van der Waals surface area contributed by atoms with E-state index in [0.29, 0.717) is 11.4 Å². The zero-order valence-electron chi connectivity index (χ0n) is 20.1. The molecule has 0 aliphatic rings. The Morgan fingerprint density at radius 3 is 2.26 bits per heavy atom. The van der Waals surface area contributed by atoms with Gasteiger partial charge in [-0.05, 0) is 60.9 Å². The van der Waals surface area contributed by atoms with Gasteiger partial charge < -0.3 is 14.8 Å². The first-order chi connectivity index (χ1) is 16.7. The molecule has 0 aliphatic heterocycles. The molecule has 186 valence electrons. The number of nitrogens with zero attached hydrogens (tertiary/aromatic N) is 1. The quantitative estimate of drug-likeness (QED) is 0.404. The average molecular weight is 517 g/mol. The van der Waals surface area contributed by atoms with E-state index >= 15 is 0 Å². The lowest BCUT2D eigenvalue weighted by Gasteiger charge is -2.27. The van der Waals surface area contributed by atoms with Crippen molar-refractivity contribution in [2.24, 2.45) is 0 Å². The third kappa shape index (κ3) is 6.07. The van der Waals surface area contributed by atoms with Crippen molar-refractivity contribution in [1.29, 1.82) is 0 Å². The molecule has 0 saturated heterocycles. The van der Waals surface area contributed by atoms with Gasteiger partial charge in [0.05, 0.1) is 30.8 Å². The third-order valence-corrected chi connectivity index (χ3v) is 7.60. The second-order valence-corrected chi connectivity index (χ2v) is 10.2. The second kappa shape index (κ2) is 11.5. The summed E-state index contributed by atoms with van der Waals surface area (Å²) in [6.07, 6.45) is 0.615. The molecule has 1 unspecified atom stereocenters. The number of sulfonamides is 1. The number of aryl methyl sites for hydroxylation is 1. The standard InChI is InChI=1S/C26H29ClN2O5S/c1-5-22(19-11-13-24(33-3)18(2)15-19)28-26(30)17-29(23-16-20(27)12-14-25(23)34-4)35(31,32)21-9-7-6-8-10-21/h6-16,22H,5,17H2,1-4H3,(H,28,30). The van der Waals surface area contributed by atoms with Gasteiger partial charge in [0, 0.05) is 5.02 Å². The van der Waals surface area contributed by atoms with Gasteiger partial charge in [0.2, 0.25) is 5.91 Å². The number of anilines is 1. The first-order valence-corrected chi connectivity index (χ1v) is 12.9. The van der Waals surface area contributed by atoms with E-state index in [1.807, 2.05) is 32.0 Å². The molecule has 1 atom stereocenters. The SMILES string of the molecule is CCC(NC(=O)CN(c1cc(Cl)ccc1OC)S(=O)(=O)c1ccccc1)c1ccc(OC)c(C)c1. The van der Waals surface area contributed by atoms with Crippen LogP contribution in [0.1, 0.15) is 30.5 Å². The van der Waals surface area contributed by atoms with E-state index in [-0.39, 0.29) is 22.4 Å². The normalized spacial score (nSPS) is 12.0. The minimum absolute atomic E-state index is 0.0487. The number of halogens is 1. The molecule has 0 bridgehead atoms. The van der Waals surface area contributed by atoms with Gasteiger partial charge in [0.1, 0.15) is 18.0 Å². The molecule has 7 nitrogen and oxygen atoms in total. The van der Waals surface area contributed by atoms with Crippen LogP contribution < -0.4 is 19.1 Å². The van der Waals surface area contributed by atoms with Gasteiger partial charge in [0.15, 0.2) is 0 Å². The molecule has 0 saturated carbocycles. The maximum atomic E-state index is 13.6. The fourth-order valence-corrected chi connectivity index (χ4v) is 5.40. The smallest absolute Gasteiger partial charge is 0.264 e. The van der Waals surface area contributed by atoms with E-state index in [0.717, 1.165) is 21.2 Å². The van der Waals surface area contributed by atoms with Gasteiger partial charge in [-0.25, -0.2) is 8.42 Å². The van der Waals surface area contributed by atoms with E-state index in [4.69, 9.17) is 21.1 Å². The first kappa shape index (κ1) is 26.4. The molecule has 0 spiro atoms. The zero-order chi connectivity index (χ0) is 25.6. The van der Waals surface area contributed by atoms with Gasteiger partial charge in [-0.3, -0.25) is 9.10 Å². The van der Waals surface area contributed by atoms with Crippen LogP contribution in [0.25, 0.3) is 0 Å². The van der Waals surface area contributed by atoms with Crippen LogP contribution in [-0.4, -0.2) is 35.1 Å². The molecule has 0 aromatic heterocycles. The van der Waals surface area contributed by atoms with Crippen molar-refractivity contribution in [2.45, 2.75) is 31.2 Å². The van der Waals surface area contributed by atoms with Crippen molar-refractivity contribution in [3.8, 4) is 11.5 Å². The molecule has 0 radical (unpaired) electrons. The molecule has 3 rings (SSSR count). The molecule has 3 aromatic rings. The highest BCUT2D eigenvalue weighted by Gasteiger charge is 2.30. The molecule has 0 heterocycles. The lowest BCUT2D eigenvalue weighted by Crippen LogP contribution is -2.42. The van der Waals surface area contributed by atoms with Gasteiger partial charge in [-0.1, -0.05) is 48.9 Å². The Kier molecular flexibility index (Phi) is 8.64. The van der Waals surface area contributed by atoms with Crippen molar-refractivity contribution in [2.75, 3.05) is 25.1 Å². The summed E-state index contributed by atoms with van der Waals surface area (Å²) in [6, 6.07) is 17.9. The van der Waals surface area contributed by atoms with Crippen LogP contribution in [-0.2, 0) is 14.8 Å². The van der Waals surface area contributed by atoms with Crippen LogP contribution in [0.5, 0.6) is 11.5 Å². The summed E-state index contributed by atoms with van der Waals surface area (Å²) in [5.74, 6) is 0.564. The number of methoxy groups -OCH3 is 2. The number of rotatable bonds is 10. The predicted molar refractivity (Wildman–Crippen MR) is 138 cm³/mol. The van der Waals surface area contributed by atoms with Gasteiger partial charge in [0.25, 0.3) is 10.0 Å². The number of ether oxygens (including phenoxy) is 2. The Labute approximate surface area is 211 Å². The largest absolute Gasteiger partial charge is 0.496 e. The van der Waals surface area contributed by atoms with E-state index in [1.165, 1.54) is 25.3 Å². The van der Waals surface area contributed by atoms with E-state index < -0.39 is 22.5 Å². The minimum atomic E-state index is -4.10. The fraction of sp³-hybridized carbons (Fsp3) is 0.269. The predicted octanol–water partition coefficient (Wildman–Crippen LogP) is 5.13. The van der Waals surface area contributed by atoms with Crippen LogP contribution in [0.15, 0.2) is 71.6 Å². The molecular weight excluding hydrogens is 488 g/mol. The number of amides is 1. The van der Waals surface area contributed by atoms with Crippen molar-refractivity contribution in [1.82, 2.24) is 5.32 Å². The van der Waals surface area contributed by atoms with Crippen LogP contribution in [0.4, 0.5) is 5.69 Å². The van der Waals surface area contributed by atoms with Crippen molar-refractivity contribution in [3.05, 3.63) is 82.9 Å². The summed E-state index contributed by atoms with van der Waals surface area (Å²) in [4.78, 5) is 13.3. The van der Waals surface area contributed by atoms with Crippen LogP contribution in [0, 0.1) is 6.92 Å². The summed E-state index contributed by atoms with van der Waals surface area (Å²) >= 11 is 6.19. The van der Waals surface area contributed by atoms with E-state index in [1.54, 1.807) is 37.4 Å². The summed E-state index contributed by atoms with van der Waals surface area (Å²) in [5, 5.41) is 3.28. The minimum Gasteiger partial charge on any atom is -0.496 e. The Morgan fingerprint density at radius 2 is 1.66 bits per heavy atom. The summed E-state index contributed by atoms with van der Waals surface area (Å²) in [7, 11) is -1.07. The average Bonchev–Trinajstić information content (AvgIpc) is 2.86. The molecular formula is C26H29ClN2O5S. The zero-order valence-corrected chi connectivity index (χ0v) is 21.7. The van der Waals surface area contributed by atoms with Crippen molar-refractivity contribution in [3.63, 3.8) is 0 Å². The Morgan fingerprint density at radius 1 is 1.00 bits per heavy atom. The molecule has 1 N–H and O–H groups in total. The molecule has 1 amide bonds. The molecule has 9 heteroatoms. The van der Waals surface area contributed by atoms with Crippen LogP contribution in [0.3, 0.4) is 0 Å². The van der Waals surface area contributed by atoms with Gasteiger partial charge >= 0.3 is 0 Å². The summed E-state index contributed by atoms with van der Waals surface area (Å²) in [6.45, 7) is 3.42. The van der Waals surface area contributed by atoms with Crippen LogP contribution in [0.2, 0.25) is 5.02 Å². The number of benzene rings is 3. The highest BCUT2D eigenvalue weighted by molar-refractivity contribution is 7.92. The van der Waals surface area contributed by atoms with Gasteiger partial charge in [-0.15, -0.1) is 0 Å². The fourth-order valence-electron chi connectivity index (χ4n) is 3.79. The van der Waals surface area contributed by atoms with Crippen LogP contribution >= 0.6 is 11.6 Å². The third-order valence-electron chi connectivity index (χ3n) is 5.59. The Balaban J connectivity index is 1.96. The number of hydrogen-bond donors (Lipinski definition) is 1. The maximum absolute atomic E-state index is 13.6. The molecule has 3 aromatic carbocycles. The van der Waals surface area contributed by atoms with E-state index in [2.05, 4.69) is 5.32 Å². The summed E-state index contributed by atoms with van der Waals surface area (Å²) < 4.78 is 39.0. The lowest BCUT2D eigenvalue weighted by molar-refractivity contribution is -0.120. The number of carbonyl (C=O) groups excluding carboxylic acids is 1. The first-order valence-electron chi connectivity index (χ1n) is 11.1. The Hall–Kier alpha value is -3.23. The second-order valence-electron chi connectivity index (χ2n) is 7.90. The monoisotopic (exact) mass is 516 g/mol. The highest BCUT2D eigenvalue weighted by atomic mass is 35.5. The van der Waals surface area contributed by atoms with E-state index in [9.17, 15) is 13.2 Å². The highest BCUT2D eigenvalue weighted by Crippen LogP contribution is 2.35. The number of hydrogen-bond acceptors (Lipinski definition) is 5. The van der Waals surface area contributed by atoms with Crippen molar-refractivity contribution >= 4 is 33.2 Å². The van der Waals surface area contributed by atoms with Crippen molar-refractivity contribution < 1.29 is 22.7 Å². The lowest BCUT2D eigenvalue weighted by atomic mass is 10.0. The Bertz CT molecular complexity index is 1280. The number of nitrogens with one attached hydrogen (secondary N) is 1. The molecule has 0 aliphatic carbocycles. The molecule has 0 fully saturated rings. The van der Waals surface area contributed by atoms with Gasteiger partial charge in [-0.2, -0.15) is 0 Å².